The summed E-state index contributed by atoms with van der Waals surface area (Å²) < 4.78 is 5.14. The van der Waals surface area contributed by atoms with E-state index in [0.717, 1.165) is 30.9 Å². The van der Waals surface area contributed by atoms with Crippen LogP contribution in [0.5, 0.6) is 5.75 Å². The normalized spacial score (nSPS) is 27.2. The Balaban J connectivity index is 1.62. The number of carbonyl (C=O) groups is 2. The number of nitrogens with one attached hydrogen (secondary N) is 2. The summed E-state index contributed by atoms with van der Waals surface area (Å²) in [6.07, 6.45) is 1.22. The SMILES string of the molecule is COc1ccc(N2CC(C(=O)NC3CCNCC3C)CC2=O)cc1. The maximum absolute atomic E-state index is 12.6. The Kier molecular flexibility index (Phi) is 5.04. The summed E-state index contributed by atoms with van der Waals surface area (Å²) in [5.41, 5.74) is 0.811. The molecule has 1 aromatic carbocycles. The number of carbonyl (C=O) groups excluding carboxylic acids is 2. The molecular formula is C18H25N3O3. The third kappa shape index (κ3) is 3.53. The highest BCUT2D eigenvalue weighted by atomic mass is 16.5. The van der Waals surface area contributed by atoms with Crippen LogP contribution < -0.4 is 20.3 Å². The molecule has 0 bridgehead atoms. The average molecular weight is 331 g/mol. The van der Waals surface area contributed by atoms with Gasteiger partial charge in [-0.25, -0.2) is 0 Å². The molecule has 0 aromatic heterocycles. The van der Waals surface area contributed by atoms with Crippen molar-refractivity contribution in [2.75, 3.05) is 31.6 Å². The van der Waals surface area contributed by atoms with Crippen LogP contribution >= 0.6 is 0 Å². The largest absolute Gasteiger partial charge is 0.497 e. The molecule has 6 nitrogen and oxygen atoms in total. The summed E-state index contributed by atoms with van der Waals surface area (Å²) in [5, 5.41) is 6.47. The topological polar surface area (TPSA) is 70.7 Å². The van der Waals surface area contributed by atoms with Gasteiger partial charge in [-0.1, -0.05) is 6.92 Å². The fraction of sp³-hybridized carbons (Fsp3) is 0.556. The lowest BCUT2D eigenvalue weighted by Gasteiger charge is -2.31. The van der Waals surface area contributed by atoms with Crippen LogP contribution in [0.25, 0.3) is 0 Å². The molecule has 3 atom stereocenters. The van der Waals surface area contributed by atoms with E-state index in [0.29, 0.717) is 12.5 Å². The highest BCUT2D eigenvalue weighted by Crippen LogP contribution is 2.27. The van der Waals surface area contributed by atoms with Gasteiger partial charge in [-0.3, -0.25) is 9.59 Å². The van der Waals surface area contributed by atoms with Crippen molar-refractivity contribution in [2.24, 2.45) is 11.8 Å². The first-order valence-corrected chi connectivity index (χ1v) is 8.54. The Morgan fingerprint density at radius 1 is 1.33 bits per heavy atom. The Morgan fingerprint density at radius 3 is 2.75 bits per heavy atom. The van der Waals surface area contributed by atoms with E-state index < -0.39 is 0 Å². The molecule has 2 fully saturated rings. The van der Waals surface area contributed by atoms with Crippen molar-refractivity contribution in [3.8, 4) is 5.75 Å². The minimum absolute atomic E-state index is 0.00123. The van der Waals surface area contributed by atoms with E-state index in [9.17, 15) is 9.59 Å². The first-order valence-electron chi connectivity index (χ1n) is 8.54. The van der Waals surface area contributed by atoms with E-state index in [2.05, 4.69) is 17.6 Å². The highest BCUT2D eigenvalue weighted by Gasteiger charge is 2.36. The van der Waals surface area contributed by atoms with Gasteiger partial charge in [0, 0.05) is 24.7 Å². The zero-order valence-corrected chi connectivity index (χ0v) is 14.2. The lowest BCUT2D eigenvalue weighted by Crippen LogP contribution is -2.50. The second-order valence-corrected chi connectivity index (χ2v) is 6.69. The van der Waals surface area contributed by atoms with Gasteiger partial charge in [-0.15, -0.1) is 0 Å². The molecule has 2 aliphatic rings. The fourth-order valence-electron chi connectivity index (χ4n) is 3.42. The molecule has 0 spiro atoms. The van der Waals surface area contributed by atoms with E-state index >= 15 is 0 Å². The summed E-state index contributed by atoms with van der Waals surface area (Å²) in [5.74, 6) is 0.885. The Morgan fingerprint density at radius 2 is 2.08 bits per heavy atom. The summed E-state index contributed by atoms with van der Waals surface area (Å²) in [6, 6.07) is 7.56. The molecule has 130 valence electrons. The molecule has 24 heavy (non-hydrogen) atoms. The predicted molar refractivity (Wildman–Crippen MR) is 92.0 cm³/mol. The minimum Gasteiger partial charge on any atom is -0.497 e. The molecule has 2 heterocycles. The van der Waals surface area contributed by atoms with Gasteiger partial charge in [-0.05, 0) is 49.7 Å². The summed E-state index contributed by atoms with van der Waals surface area (Å²) in [6.45, 7) is 4.43. The maximum Gasteiger partial charge on any atom is 0.227 e. The molecule has 1 aromatic rings. The van der Waals surface area contributed by atoms with Crippen LogP contribution in [0.2, 0.25) is 0 Å². The van der Waals surface area contributed by atoms with E-state index in [1.54, 1.807) is 12.0 Å². The number of ether oxygens (including phenoxy) is 1. The quantitative estimate of drug-likeness (QED) is 0.869. The number of benzene rings is 1. The third-order valence-corrected chi connectivity index (χ3v) is 4.99. The van der Waals surface area contributed by atoms with Crippen LogP contribution in [-0.4, -0.2) is 44.6 Å². The Bertz CT molecular complexity index is 602. The van der Waals surface area contributed by atoms with Gasteiger partial charge in [0.1, 0.15) is 5.75 Å². The number of hydrogen-bond donors (Lipinski definition) is 2. The van der Waals surface area contributed by atoms with Crippen molar-refractivity contribution >= 4 is 17.5 Å². The second-order valence-electron chi connectivity index (χ2n) is 6.69. The van der Waals surface area contributed by atoms with Crippen molar-refractivity contribution in [3.05, 3.63) is 24.3 Å². The monoisotopic (exact) mass is 331 g/mol. The smallest absolute Gasteiger partial charge is 0.227 e. The van der Waals surface area contributed by atoms with E-state index in [4.69, 9.17) is 4.74 Å². The van der Waals surface area contributed by atoms with Crippen LogP contribution in [0.3, 0.4) is 0 Å². The minimum atomic E-state index is -0.276. The zero-order chi connectivity index (χ0) is 17.1. The lowest BCUT2D eigenvalue weighted by atomic mass is 9.94. The van der Waals surface area contributed by atoms with Gasteiger partial charge in [0.2, 0.25) is 11.8 Å². The second kappa shape index (κ2) is 7.21. The van der Waals surface area contributed by atoms with Gasteiger partial charge >= 0.3 is 0 Å². The first-order chi connectivity index (χ1) is 11.6. The average Bonchev–Trinajstić information content (AvgIpc) is 2.99. The standard InChI is InChI=1S/C18H25N3O3/c1-12-10-19-8-7-16(12)20-18(23)13-9-17(22)21(11-13)14-3-5-15(24-2)6-4-14/h3-6,12-13,16,19H,7-11H2,1-2H3,(H,20,23). The van der Waals surface area contributed by atoms with Crippen LogP contribution in [0.4, 0.5) is 5.69 Å². The molecule has 3 rings (SSSR count). The molecule has 3 unspecified atom stereocenters. The van der Waals surface area contributed by atoms with Crippen LogP contribution in [0, 0.1) is 11.8 Å². The van der Waals surface area contributed by atoms with Crippen molar-refractivity contribution in [1.82, 2.24) is 10.6 Å². The van der Waals surface area contributed by atoms with Crippen molar-refractivity contribution in [3.63, 3.8) is 0 Å². The van der Waals surface area contributed by atoms with Crippen LogP contribution in [-0.2, 0) is 9.59 Å². The fourth-order valence-corrected chi connectivity index (χ4v) is 3.42. The van der Waals surface area contributed by atoms with Gasteiger partial charge in [0.25, 0.3) is 0 Å². The number of rotatable bonds is 4. The molecule has 2 N–H and O–H groups in total. The van der Waals surface area contributed by atoms with Crippen molar-refractivity contribution in [1.29, 1.82) is 0 Å². The number of methoxy groups -OCH3 is 1. The number of amides is 2. The third-order valence-electron chi connectivity index (χ3n) is 4.99. The van der Waals surface area contributed by atoms with Gasteiger partial charge in [-0.2, -0.15) is 0 Å². The van der Waals surface area contributed by atoms with E-state index in [1.165, 1.54) is 0 Å². The van der Waals surface area contributed by atoms with Crippen LogP contribution in [0.15, 0.2) is 24.3 Å². The van der Waals surface area contributed by atoms with Crippen molar-refractivity contribution in [2.45, 2.75) is 25.8 Å². The summed E-state index contributed by atoms with van der Waals surface area (Å²) in [7, 11) is 1.61. The highest BCUT2D eigenvalue weighted by molar-refractivity contribution is 6.00. The lowest BCUT2D eigenvalue weighted by molar-refractivity contribution is -0.127. The van der Waals surface area contributed by atoms with Gasteiger partial charge in [0.05, 0.1) is 13.0 Å². The molecule has 2 aliphatic heterocycles. The van der Waals surface area contributed by atoms with Gasteiger partial charge < -0.3 is 20.3 Å². The van der Waals surface area contributed by atoms with Crippen molar-refractivity contribution < 1.29 is 14.3 Å². The van der Waals surface area contributed by atoms with Crippen LogP contribution in [0.1, 0.15) is 19.8 Å². The molecule has 0 saturated carbocycles. The number of piperidine rings is 1. The summed E-state index contributed by atoms with van der Waals surface area (Å²) >= 11 is 0. The molecular weight excluding hydrogens is 306 g/mol. The zero-order valence-electron chi connectivity index (χ0n) is 14.2. The van der Waals surface area contributed by atoms with Gasteiger partial charge in [0.15, 0.2) is 0 Å². The molecule has 2 saturated heterocycles. The molecule has 6 heteroatoms. The first kappa shape index (κ1) is 16.8. The predicted octanol–water partition coefficient (Wildman–Crippen LogP) is 1.16. The van der Waals surface area contributed by atoms with E-state index in [1.807, 2.05) is 24.3 Å². The molecule has 0 aliphatic carbocycles. The number of hydrogen-bond acceptors (Lipinski definition) is 4. The summed E-state index contributed by atoms with van der Waals surface area (Å²) in [4.78, 5) is 26.5. The Hall–Kier alpha value is -2.08. The Labute approximate surface area is 142 Å². The number of nitrogens with zero attached hydrogens (tertiary/aromatic N) is 1. The molecule has 0 radical (unpaired) electrons. The van der Waals surface area contributed by atoms with E-state index in [-0.39, 0.29) is 30.2 Å². The molecule has 2 amide bonds. The maximum atomic E-state index is 12.6. The number of anilines is 1.